The van der Waals surface area contributed by atoms with Crippen LogP contribution in [-0.2, 0) is 9.59 Å². The van der Waals surface area contributed by atoms with Crippen LogP contribution in [0.3, 0.4) is 0 Å². The van der Waals surface area contributed by atoms with Crippen LogP contribution < -0.4 is 0 Å². The monoisotopic (exact) mass is 220 g/mol. The highest BCUT2D eigenvalue weighted by molar-refractivity contribution is 6.19. The van der Waals surface area contributed by atoms with Crippen molar-refractivity contribution < 1.29 is 9.59 Å². The van der Waals surface area contributed by atoms with Crippen molar-refractivity contribution in [1.29, 1.82) is 0 Å². The van der Waals surface area contributed by atoms with Gasteiger partial charge in [0, 0.05) is 32.9 Å². The number of nitrogens with zero attached hydrogens (tertiary/aromatic N) is 2. The summed E-state index contributed by atoms with van der Waals surface area (Å²) in [5, 5.41) is 0. The number of hydrogen-bond acceptors (Lipinski definition) is 2. The van der Waals surface area contributed by atoms with Gasteiger partial charge in [-0.25, -0.2) is 0 Å². The van der Waals surface area contributed by atoms with E-state index in [2.05, 4.69) is 0 Å². The zero-order chi connectivity index (χ0) is 11.3. The molecule has 0 aromatic rings. The molecule has 1 unspecified atom stereocenters. The van der Waals surface area contributed by atoms with Gasteiger partial charge in [0.2, 0.25) is 11.8 Å². The van der Waals surface area contributed by atoms with E-state index in [1.54, 1.807) is 28.1 Å². The molecule has 4 nitrogen and oxygen atoms in total. The van der Waals surface area contributed by atoms with Crippen LogP contribution in [0.25, 0.3) is 0 Å². The van der Waals surface area contributed by atoms with Crippen molar-refractivity contribution in [1.82, 2.24) is 9.80 Å². The maximum absolute atomic E-state index is 11.5. The Morgan fingerprint density at radius 1 is 1.29 bits per heavy atom. The highest BCUT2D eigenvalue weighted by Crippen LogP contribution is 2.03. The van der Waals surface area contributed by atoms with E-state index >= 15 is 0 Å². The van der Waals surface area contributed by atoms with Crippen LogP contribution in [0.1, 0.15) is 6.92 Å². The first-order valence-electron chi connectivity index (χ1n) is 4.41. The molecular weight excluding hydrogens is 204 g/mol. The third-order valence-corrected chi connectivity index (χ3v) is 2.36. The Morgan fingerprint density at radius 3 is 2.14 bits per heavy atom. The van der Waals surface area contributed by atoms with Gasteiger partial charge in [-0.05, 0) is 0 Å². The van der Waals surface area contributed by atoms with Gasteiger partial charge in [-0.2, -0.15) is 0 Å². The number of hydrogen-bond donors (Lipinski definition) is 0. The fourth-order valence-electron chi connectivity index (χ4n) is 0.864. The normalized spacial score (nSPS) is 12.1. The van der Waals surface area contributed by atoms with Crippen LogP contribution in [0.15, 0.2) is 0 Å². The van der Waals surface area contributed by atoms with Gasteiger partial charge in [-0.1, -0.05) is 6.92 Å². The van der Waals surface area contributed by atoms with Gasteiger partial charge in [-0.3, -0.25) is 9.59 Å². The van der Waals surface area contributed by atoms with E-state index in [1.807, 2.05) is 0 Å². The van der Waals surface area contributed by atoms with Crippen molar-refractivity contribution in [2.45, 2.75) is 6.92 Å². The molecule has 14 heavy (non-hydrogen) atoms. The van der Waals surface area contributed by atoms with Gasteiger partial charge < -0.3 is 9.80 Å². The molecule has 0 aliphatic rings. The summed E-state index contributed by atoms with van der Waals surface area (Å²) in [6.07, 6.45) is 0. The van der Waals surface area contributed by atoms with E-state index in [9.17, 15) is 9.59 Å². The predicted octanol–water partition coefficient (Wildman–Crippen LogP) is 0.408. The number of halogens is 1. The lowest BCUT2D eigenvalue weighted by Crippen LogP contribution is -2.40. The molecule has 0 aliphatic carbocycles. The number of carbonyl (C=O) groups excluding carboxylic acids is 2. The molecule has 0 saturated carbocycles. The maximum Gasteiger partial charge on any atom is 0.241 e. The summed E-state index contributed by atoms with van der Waals surface area (Å²) in [6.45, 7) is 1.85. The average Bonchev–Trinajstić information content (AvgIpc) is 2.14. The molecular formula is C9H17ClN2O2. The zero-order valence-corrected chi connectivity index (χ0v) is 9.84. The van der Waals surface area contributed by atoms with Gasteiger partial charge in [0.05, 0.1) is 6.54 Å². The highest BCUT2D eigenvalue weighted by atomic mass is 35.5. The van der Waals surface area contributed by atoms with E-state index in [1.165, 1.54) is 9.80 Å². The molecule has 0 bridgehead atoms. The standard InChI is InChI=1S/C9H17ClN2O2/c1-7(5-10)9(14)12(4)6-8(13)11(2)3/h7H,5-6H2,1-4H3. The Kier molecular flexibility index (Phi) is 5.53. The summed E-state index contributed by atoms with van der Waals surface area (Å²) in [7, 11) is 4.92. The predicted molar refractivity (Wildman–Crippen MR) is 56.2 cm³/mol. The van der Waals surface area contributed by atoms with Crippen LogP contribution in [0.2, 0.25) is 0 Å². The van der Waals surface area contributed by atoms with Crippen LogP contribution in [0.4, 0.5) is 0 Å². The summed E-state index contributed by atoms with van der Waals surface area (Å²) in [5.74, 6) is -0.159. The molecule has 0 N–H and O–H groups in total. The highest BCUT2D eigenvalue weighted by Gasteiger charge is 2.18. The lowest BCUT2D eigenvalue weighted by atomic mass is 10.2. The van der Waals surface area contributed by atoms with Crippen LogP contribution in [0, 0.1) is 5.92 Å². The van der Waals surface area contributed by atoms with Gasteiger partial charge in [0.1, 0.15) is 0 Å². The average molecular weight is 221 g/mol. The summed E-state index contributed by atoms with van der Waals surface area (Å²) in [4.78, 5) is 25.6. The quantitative estimate of drug-likeness (QED) is 0.644. The fraction of sp³-hybridized carbons (Fsp3) is 0.778. The first kappa shape index (κ1) is 13.2. The van der Waals surface area contributed by atoms with E-state index in [-0.39, 0.29) is 30.2 Å². The SMILES string of the molecule is CC(CCl)C(=O)N(C)CC(=O)N(C)C. The van der Waals surface area contributed by atoms with Crippen LogP contribution in [-0.4, -0.2) is 55.2 Å². The Morgan fingerprint density at radius 2 is 1.79 bits per heavy atom. The van der Waals surface area contributed by atoms with Crippen molar-refractivity contribution in [3.63, 3.8) is 0 Å². The molecule has 2 amide bonds. The minimum atomic E-state index is -0.239. The van der Waals surface area contributed by atoms with E-state index in [4.69, 9.17) is 11.6 Å². The minimum Gasteiger partial charge on any atom is -0.347 e. The van der Waals surface area contributed by atoms with E-state index < -0.39 is 0 Å². The number of rotatable bonds is 4. The minimum absolute atomic E-state index is 0.0948. The zero-order valence-electron chi connectivity index (χ0n) is 9.08. The molecule has 0 radical (unpaired) electrons. The number of carbonyl (C=O) groups is 2. The molecule has 5 heteroatoms. The molecule has 0 aliphatic heterocycles. The first-order chi connectivity index (χ1) is 6.40. The summed E-state index contributed by atoms with van der Waals surface area (Å²) in [6, 6.07) is 0. The third kappa shape index (κ3) is 3.96. The Hall–Kier alpha value is -0.770. The molecule has 0 aromatic heterocycles. The fourth-order valence-corrected chi connectivity index (χ4v) is 0.996. The molecule has 0 spiro atoms. The lowest BCUT2D eigenvalue weighted by molar-refractivity contribution is -0.139. The number of amides is 2. The number of likely N-dealkylation sites (N-methyl/N-ethyl adjacent to an activating group) is 2. The molecule has 0 heterocycles. The summed E-state index contributed by atoms with van der Waals surface area (Å²) < 4.78 is 0. The summed E-state index contributed by atoms with van der Waals surface area (Å²) >= 11 is 5.55. The lowest BCUT2D eigenvalue weighted by Gasteiger charge is -2.21. The van der Waals surface area contributed by atoms with Crippen molar-refractivity contribution in [2.75, 3.05) is 33.6 Å². The molecule has 0 fully saturated rings. The number of alkyl halides is 1. The van der Waals surface area contributed by atoms with Crippen LogP contribution in [0.5, 0.6) is 0 Å². The Balaban J connectivity index is 4.14. The second-order valence-electron chi connectivity index (χ2n) is 3.54. The molecule has 0 aromatic carbocycles. The Labute approximate surface area is 89.8 Å². The Bertz CT molecular complexity index is 219. The molecule has 0 saturated heterocycles. The maximum atomic E-state index is 11.5. The second-order valence-corrected chi connectivity index (χ2v) is 3.85. The smallest absolute Gasteiger partial charge is 0.241 e. The van der Waals surface area contributed by atoms with Gasteiger partial charge >= 0.3 is 0 Å². The topological polar surface area (TPSA) is 40.6 Å². The molecule has 0 rings (SSSR count). The van der Waals surface area contributed by atoms with Gasteiger partial charge in [-0.15, -0.1) is 11.6 Å². The summed E-state index contributed by atoms with van der Waals surface area (Å²) in [5.41, 5.74) is 0. The van der Waals surface area contributed by atoms with Crippen LogP contribution >= 0.6 is 11.6 Å². The molecule has 1 atom stereocenters. The van der Waals surface area contributed by atoms with Crippen molar-refractivity contribution in [3.8, 4) is 0 Å². The second kappa shape index (κ2) is 5.86. The van der Waals surface area contributed by atoms with Crippen molar-refractivity contribution in [3.05, 3.63) is 0 Å². The van der Waals surface area contributed by atoms with E-state index in [0.717, 1.165) is 0 Å². The first-order valence-corrected chi connectivity index (χ1v) is 4.94. The largest absolute Gasteiger partial charge is 0.347 e. The van der Waals surface area contributed by atoms with Gasteiger partial charge in [0.25, 0.3) is 0 Å². The van der Waals surface area contributed by atoms with Crippen molar-refractivity contribution in [2.24, 2.45) is 5.92 Å². The molecule has 82 valence electrons. The third-order valence-electron chi connectivity index (χ3n) is 1.90. The van der Waals surface area contributed by atoms with E-state index in [0.29, 0.717) is 0 Å². The van der Waals surface area contributed by atoms with Gasteiger partial charge in [0.15, 0.2) is 0 Å². The van der Waals surface area contributed by atoms with Crippen molar-refractivity contribution >= 4 is 23.4 Å².